The first-order chi connectivity index (χ1) is 8.61. The van der Waals surface area contributed by atoms with Crippen LogP contribution in [0.25, 0.3) is 0 Å². The molecule has 1 aliphatic heterocycles. The van der Waals surface area contributed by atoms with Crippen molar-refractivity contribution in [2.75, 3.05) is 33.7 Å². The van der Waals surface area contributed by atoms with Crippen LogP contribution in [-0.4, -0.2) is 48.5 Å². The predicted octanol–water partition coefficient (Wildman–Crippen LogP) is 2.97. The molecule has 0 aromatic carbocycles. The average molecular weight is 267 g/mol. The second-order valence-electron chi connectivity index (χ2n) is 5.53. The van der Waals surface area contributed by atoms with Gasteiger partial charge in [0.05, 0.1) is 11.7 Å². The molecule has 1 aromatic rings. The van der Waals surface area contributed by atoms with Gasteiger partial charge in [-0.05, 0) is 45.9 Å². The molecular weight excluding hydrogens is 242 g/mol. The van der Waals surface area contributed by atoms with Gasteiger partial charge in [-0.15, -0.1) is 11.3 Å². The van der Waals surface area contributed by atoms with Crippen LogP contribution >= 0.6 is 11.3 Å². The second kappa shape index (κ2) is 6.13. The Morgan fingerprint density at radius 2 is 2.22 bits per heavy atom. The first kappa shape index (κ1) is 14.0. The third kappa shape index (κ3) is 3.11. The van der Waals surface area contributed by atoms with E-state index in [-0.39, 0.29) is 0 Å². The van der Waals surface area contributed by atoms with Crippen molar-refractivity contribution >= 4 is 11.3 Å². The predicted molar refractivity (Wildman–Crippen MR) is 78.3 cm³/mol. The fourth-order valence-corrected chi connectivity index (χ4v) is 3.52. The van der Waals surface area contributed by atoms with Crippen LogP contribution in [0.15, 0.2) is 5.38 Å². The van der Waals surface area contributed by atoms with E-state index in [1.807, 2.05) is 11.3 Å². The lowest BCUT2D eigenvalue weighted by Crippen LogP contribution is -2.30. The molecule has 1 fully saturated rings. The fourth-order valence-electron chi connectivity index (χ4n) is 2.43. The molecule has 0 amide bonds. The van der Waals surface area contributed by atoms with Crippen molar-refractivity contribution in [3.8, 4) is 0 Å². The maximum atomic E-state index is 4.88. The molecule has 1 aliphatic rings. The van der Waals surface area contributed by atoms with E-state index >= 15 is 0 Å². The SMILES string of the molecule is CCC(C)c1csc(C2CN(C)CCCN2C)n1. The minimum absolute atomic E-state index is 0.473. The highest BCUT2D eigenvalue weighted by Gasteiger charge is 2.25. The van der Waals surface area contributed by atoms with E-state index < -0.39 is 0 Å². The van der Waals surface area contributed by atoms with Gasteiger partial charge < -0.3 is 4.90 Å². The number of rotatable bonds is 3. The third-order valence-corrected chi connectivity index (χ3v) is 4.97. The largest absolute Gasteiger partial charge is 0.304 e. The number of aromatic nitrogens is 1. The Morgan fingerprint density at radius 1 is 1.44 bits per heavy atom. The van der Waals surface area contributed by atoms with Crippen molar-refractivity contribution in [2.24, 2.45) is 0 Å². The lowest BCUT2D eigenvalue weighted by Gasteiger charge is -2.25. The van der Waals surface area contributed by atoms with Crippen LogP contribution in [0.2, 0.25) is 0 Å². The molecule has 0 N–H and O–H groups in total. The van der Waals surface area contributed by atoms with E-state index in [0.717, 1.165) is 6.54 Å². The van der Waals surface area contributed by atoms with Crippen LogP contribution in [0.1, 0.15) is 49.4 Å². The molecule has 4 heteroatoms. The van der Waals surface area contributed by atoms with E-state index in [2.05, 4.69) is 43.1 Å². The van der Waals surface area contributed by atoms with Crippen molar-refractivity contribution in [3.63, 3.8) is 0 Å². The summed E-state index contributed by atoms with van der Waals surface area (Å²) in [5, 5.41) is 3.55. The van der Waals surface area contributed by atoms with Crippen molar-refractivity contribution in [3.05, 3.63) is 16.1 Å². The minimum Gasteiger partial charge on any atom is -0.304 e. The van der Waals surface area contributed by atoms with Crippen LogP contribution in [0.4, 0.5) is 0 Å². The Balaban J connectivity index is 2.15. The van der Waals surface area contributed by atoms with Gasteiger partial charge in [0.1, 0.15) is 5.01 Å². The molecule has 2 heterocycles. The molecule has 0 aliphatic carbocycles. The molecule has 2 rings (SSSR count). The third-order valence-electron chi connectivity index (χ3n) is 4.01. The summed E-state index contributed by atoms with van der Waals surface area (Å²) in [5.74, 6) is 0.587. The first-order valence-corrected chi connectivity index (χ1v) is 7.83. The number of nitrogens with zero attached hydrogens (tertiary/aromatic N) is 3. The Hall–Kier alpha value is -0.450. The van der Waals surface area contributed by atoms with Gasteiger partial charge in [-0.2, -0.15) is 0 Å². The molecule has 1 saturated heterocycles. The monoisotopic (exact) mass is 267 g/mol. The molecule has 3 nitrogen and oxygen atoms in total. The highest BCUT2D eigenvalue weighted by molar-refractivity contribution is 7.09. The summed E-state index contributed by atoms with van der Waals surface area (Å²) in [7, 11) is 4.45. The van der Waals surface area contributed by atoms with Crippen LogP contribution < -0.4 is 0 Å². The van der Waals surface area contributed by atoms with Gasteiger partial charge in [0.2, 0.25) is 0 Å². The molecule has 0 radical (unpaired) electrons. The lowest BCUT2D eigenvalue weighted by molar-refractivity contribution is 0.228. The maximum Gasteiger partial charge on any atom is 0.111 e. The van der Waals surface area contributed by atoms with Gasteiger partial charge in [0, 0.05) is 11.9 Å². The van der Waals surface area contributed by atoms with Gasteiger partial charge >= 0.3 is 0 Å². The van der Waals surface area contributed by atoms with E-state index in [0.29, 0.717) is 12.0 Å². The summed E-state index contributed by atoms with van der Waals surface area (Å²) in [6, 6.07) is 0.473. The van der Waals surface area contributed by atoms with E-state index in [4.69, 9.17) is 4.98 Å². The first-order valence-electron chi connectivity index (χ1n) is 6.96. The van der Waals surface area contributed by atoms with E-state index in [1.165, 1.54) is 36.6 Å². The molecular formula is C14H25N3S. The van der Waals surface area contributed by atoms with Gasteiger partial charge in [0.15, 0.2) is 0 Å². The van der Waals surface area contributed by atoms with E-state index in [9.17, 15) is 0 Å². The molecule has 1 aromatic heterocycles. The molecule has 18 heavy (non-hydrogen) atoms. The van der Waals surface area contributed by atoms with Gasteiger partial charge in [0.25, 0.3) is 0 Å². The topological polar surface area (TPSA) is 19.4 Å². The zero-order chi connectivity index (χ0) is 13.1. The Kier molecular flexibility index (Phi) is 4.76. The van der Waals surface area contributed by atoms with Crippen LogP contribution in [0, 0.1) is 0 Å². The zero-order valence-corrected chi connectivity index (χ0v) is 12.8. The van der Waals surface area contributed by atoms with Crippen LogP contribution in [0.5, 0.6) is 0 Å². The highest BCUT2D eigenvalue weighted by Crippen LogP contribution is 2.29. The lowest BCUT2D eigenvalue weighted by atomic mass is 10.1. The van der Waals surface area contributed by atoms with Crippen molar-refractivity contribution in [1.29, 1.82) is 0 Å². The molecule has 102 valence electrons. The summed E-state index contributed by atoms with van der Waals surface area (Å²) in [4.78, 5) is 9.77. The number of likely N-dealkylation sites (N-methyl/N-ethyl adjacent to an activating group) is 2. The maximum absolute atomic E-state index is 4.88. The van der Waals surface area contributed by atoms with Gasteiger partial charge in [-0.1, -0.05) is 13.8 Å². The average Bonchev–Trinajstić information content (AvgIpc) is 2.77. The molecule has 2 atom stereocenters. The quantitative estimate of drug-likeness (QED) is 0.839. The van der Waals surface area contributed by atoms with Crippen molar-refractivity contribution < 1.29 is 0 Å². The van der Waals surface area contributed by atoms with Crippen molar-refractivity contribution in [1.82, 2.24) is 14.8 Å². The molecule has 0 spiro atoms. The second-order valence-corrected chi connectivity index (χ2v) is 6.42. The number of hydrogen-bond acceptors (Lipinski definition) is 4. The summed E-state index contributed by atoms with van der Waals surface area (Å²) < 4.78 is 0. The fraction of sp³-hybridized carbons (Fsp3) is 0.786. The number of hydrogen-bond donors (Lipinski definition) is 0. The van der Waals surface area contributed by atoms with Gasteiger partial charge in [-0.3, -0.25) is 4.90 Å². The van der Waals surface area contributed by atoms with Gasteiger partial charge in [-0.25, -0.2) is 4.98 Å². The summed E-state index contributed by atoms with van der Waals surface area (Å²) >= 11 is 1.84. The van der Waals surface area contributed by atoms with Crippen LogP contribution in [-0.2, 0) is 0 Å². The Morgan fingerprint density at radius 3 is 2.94 bits per heavy atom. The normalized spacial score (nSPS) is 25.0. The highest BCUT2D eigenvalue weighted by atomic mass is 32.1. The number of thiazole rings is 1. The summed E-state index contributed by atoms with van der Waals surface area (Å²) in [6.45, 7) is 7.97. The molecule has 2 unspecified atom stereocenters. The Labute approximate surface area is 115 Å². The minimum atomic E-state index is 0.473. The standard InChI is InChI=1S/C14H25N3S/c1-5-11(2)12-10-18-14(15-12)13-9-16(3)7-6-8-17(13)4/h10-11,13H,5-9H2,1-4H3. The summed E-state index contributed by atoms with van der Waals surface area (Å²) in [5.41, 5.74) is 1.28. The van der Waals surface area contributed by atoms with E-state index in [1.54, 1.807) is 0 Å². The van der Waals surface area contributed by atoms with Crippen molar-refractivity contribution in [2.45, 2.75) is 38.6 Å². The molecule has 0 bridgehead atoms. The summed E-state index contributed by atoms with van der Waals surface area (Å²) in [6.07, 6.45) is 2.43. The van der Waals surface area contributed by atoms with Crippen LogP contribution in [0.3, 0.4) is 0 Å². The smallest absolute Gasteiger partial charge is 0.111 e. The Bertz CT molecular complexity index is 377. The molecule has 0 saturated carbocycles. The zero-order valence-electron chi connectivity index (χ0n) is 12.0.